The molecule has 5 heterocycles. The number of hydrogen-bond donors (Lipinski definition) is 0. The summed E-state index contributed by atoms with van der Waals surface area (Å²) < 4.78 is 49.4. The van der Waals surface area contributed by atoms with E-state index >= 15 is 0 Å². The lowest BCUT2D eigenvalue weighted by Gasteiger charge is -2.40. The standard InChI is InChI=1S/C22H27ClF3N7O/c1-14-12-30(2)8-9-31(14)16-11-17(23)28-20-19(29-32(21(16)20)13-22(24,25)26)15-6-7-27-33(15)18-5-3-4-10-34-18/h6-7,11,14,18H,3-5,8-10,12-13H2,1-2H3/t14-,18?/m1/s1. The number of likely N-dealkylation sites (N-methyl/N-ethyl adjacent to an activating group) is 1. The van der Waals surface area contributed by atoms with Gasteiger partial charge in [0.2, 0.25) is 0 Å². The molecule has 0 bridgehead atoms. The number of halogens is 4. The lowest BCUT2D eigenvalue weighted by atomic mass is 10.1. The molecule has 2 aliphatic rings. The molecule has 3 aromatic heterocycles. The smallest absolute Gasteiger partial charge is 0.364 e. The third-order valence-corrected chi connectivity index (χ3v) is 6.65. The first kappa shape index (κ1) is 23.4. The highest BCUT2D eigenvalue weighted by molar-refractivity contribution is 6.30. The van der Waals surface area contributed by atoms with Crippen molar-refractivity contribution in [1.29, 1.82) is 0 Å². The summed E-state index contributed by atoms with van der Waals surface area (Å²) in [6.45, 7) is 3.67. The van der Waals surface area contributed by atoms with Crippen LogP contribution in [0.1, 0.15) is 32.4 Å². The van der Waals surface area contributed by atoms with Gasteiger partial charge in [0.15, 0.2) is 6.23 Å². The Kier molecular flexibility index (Phi) is 6.19. The summed E-state index contributed by atoms with van der Waals surface area (Å²) in [7, 11) is 2.03. The van der Waals surface area contributed by atoms with E-state index in [4.69, 9.17) is 16.3 Å². The molecule has 8 nitrogen and oxygen atoms in total. The molecular formula is C22H27ClF3N7O. The van der Waals surface area contributed by atoms with Gasteiger partial charge < -0.3 is 14.5 Å². The molecule has 2 fully saturated rings. The lowest BCUT2D eigenvalue weighted by Crippen LogP contribution is -2.50. The highest BCUT2D eigenvalue weighted by Crippen LogP contribution is 2.38. The van der Waals surface area contributed by atoms with Crippen molar-refractivity contribution < 1.29 is 17.9 Å². The number of aromatic nitrogens is 5. The van der Waals surface area contributed by atoms with Gasteiger partial charge in [0, 0.05) is 44.5 Å². The first-order valence-electron chi connectivity index (χ1n) is 11.5. The second-order valence-electron chi connectivity index (χ2n) is 9.07. The topological polar surface area (TPSA) is 64.2 Å². The zero-order valence-electron chi connectivity index (χ0n) is 19.1. The van der Waals surface area contributed by atoms with Crippen LogP contribution in [0.2, 0.25) is 5.15 Å². The summed E-state index contributed by atoms with van der Waals surface area (Å²) in [6.07, 6.45) is -0.404. The largest absolute Gasteiger partial charge is 0.408 e. The van der Waals surface area contributed by atoms with E-state index in [1.165, 1.54) is 0 Å². The van der Waals surface area contributed by atoms with Crippen molar-refractivity contribution in [2.24, 2.45) is 0 Å². The van der Waals surface area contributed by atoms with Crippen LogP contribution in [-0.2, 0) is 11.3 Å². The maximum absolute atomic E-state index is 13.6. The van der Waals surface area contributed by atoms with Crippen LogP contribution in [0.25, 0.3) is 22.4 Å². The molecule has 2 atom stereocenters. The van der Waals surface area contributed by atoms with Crippen molar-refractivity contribution in [3.05, 3.63) is 23.5 Å². The first-order valence-corrected chi connectivity index (χ1v) is 11.8. The fraction of sp³-hybridized carbons (Fsp3) is 0.591. The van der Waals surface area contributed by atoms with E-state index in [9.17, 15) is 13.2 Å². The SMILES string of the molecule is C[C@@H]1CN(C)CCN1c1cc(Cl)nc2c(-c3ccnn3C3CCCCO3)nn(CC(F)(F)F)c12. The maximum Gasteiger partial charge on any atom is 0.408 e. The zero-order valence-corrected chi connectivity index (χ0v) is 19.9. The molecule has 0 saturated carbocycles. The van der Waals surface area contributed by atoms with Crippen LogP contribution < -0.4 is 4.90 Å². The monoisotopic (exact) mass is 497 g/mol. The van der Waals surface area contributed by atoms with Gasteiger partial charge >= 0.3 is 6.18 Å². The summed E-state index contributed by atoms with van der Waals surface area (Å²) in [5.74, 6) is 0. The van der Waals surface area contributed by atoms with Crippen molar-refractivity contribution in [2.75, 3.05) is 38.2 Å². The number of alkyl halides is 3. The Balaban J connectivity index is 1.69. The summed E-state index contributed by atoms with van der Waals surface area (Å²) in [5, 5.41) is 9.05. The van der Waals surface area contributed by atoms with E-state index in [-0.39, 0.29) is 17.4 Å². The average Bonchev–Trinajstić information content (AvgIpc) is 3.38. The van der Waals surface area contributed by atoms with E-state index in [1.807, 2.05) is 7.05 Å². The van der Waals surface area contributed by atoms with Gasteiger partial charge in [0.1, 0.15) is 28.4 Å². The number of ether oxygens (including phenoxy) is 1. The van der Waals surface area contributed by atoms with E-state index in [1.54, 1.807) is 23.0 Å². The van der Waals surface area contributed by atoms with Crippen molar-refractivity contribution in [2.45, 2.75) is 51.2 Å². The predicted octanol–water partition coefficient (Wildman–Crippen LogP) is 4.35. The normalized spacial score (nSPS) is 22.6. The highest BCUT2D eigenvalue weighted by Gasteiger charge is 2.34. The molecule has 0 spiro atoms. The van der Waals surface area contributed by atoms with Gasteiger partial charge in [-0.1, -0.05) is 11.6 Å². The van der Waals surface area contributed by atoms with Gasteiger partial charge in [-0.3, -0.25) is 4.68 Å². The number of piperazine rings is 1. The summed E-state index contributed by atoms with van der Waals surface area (Å²) in [6, 6.07) is 3.46. The molecule has 3 aromatic rings. The van der Waals surface area contributed by atoms with Crippen LogP contribution in [0.5, 0.6) is 0 Å². The van der Waals surface area contributed by atoms with Crippen LogP contribution in [-0.4, -0.2) is 75.0 Å². The first-order chi connectivity index (χ1) is 16.2. The minimum Gasteiger partial charge on any atom is -0.364 e. The molecule has 0 N–H and O–H groups in total. The number of rotatable bonds is 4. The summed E-state index contributed by atoms with van der Waals surface area (Å²) in [5.41, 5.74) is 2.14. The van der Waals surface area contributed by atoms with Gasteiger partial charge in [-0.2, -0.15) is 23.4 Å². The molecule has 1 unspecified atom stereocenters. The Morgan fingerprint density at radius 3 is 2.76 bits per heavy atom. The Morgan fingerprint density at radius 2 is 2.06 bits per heavy atom. The molecule has 2 aliphatic heterocycles. The van der Waals surface area contributed by atoms with Crippen molar-refractivity contribution in [3.8, 4) is 11.4 Å². The average molecular weight is 498 g/mol. The highest BCUT2D eigenvalue weighted by atomic mass is 35.5. The fourth-order valence-electron chi connectivity index (χ4n) is 4.95. The molecule has 2 saturated heterocycles. The van der Waals surface area contributed by atoms with Crippen LogP contribution >= 0.6 is 11.6 Å². The molecule has 0 aromatic carbocycles. The number of fused-ring (bicyclic) bond motifs is 1. The van der Waals surface area contributed by atoms with Crippen LogP contribution in [0.15, 0.2) is 18.3 Å². The molecule has 0 amide bonds. The van der Waals surface area contributed by atoms with Crippen LogP contribution in [0, 0.1) is 0 Å². The van der Waals surface area contributed by atoms with E-state index < -0.39 is 12.7 Å². The quantitative estimate of drug-likeness (QED) is 0.499. The number of hydrogen-bond acceptors (Lipinski definition) is 6. The van der Waals surface area contributed by atoms with Crippen molar-refractivity contribution in [1.82, 2.24) is 29.4 Å². The molecule has 0 radical (unpaired) electrons. The summed E-state index contributed by atoms with van der Waals surface area (Å²) >= 11 is 6.43. The third-order valence-electron chi connectivity index (χ3n) is 6.45. The number of anilines is 1. The van der Waals surface area contributed by atoms with Gasteiger partial charge in [-0.25, -0.2) is 9.67 Å². The lowest BCUT2D eigenvalue weighted by molar-refractivity contribution is -0.141. The summed E-state index contributed by atoms with van der Waals surface area (Å²) in [4.78, 5) is 8.75. The minimum atomic E-state index is -4.45. The Morgan fingerprint density at radius 1 is 1.24 bits per heavy atom. The van der Waals surface area contributed by atoms with Crippen molar-refractivity contribution in [3.63, 3.8) is 0 Å². The second kappa shape index (κ2) is 9.01. The van der Waals surface area contributed by atoms with Gasteiger partial charge in [-0.05, 0) is 39.3 Å². The second-order valence-corrected chi connectivity index (χ2v) is 9.46. The molecule has 34 heavy (non-hydrogen) atoms. The molecule has 5 rings (SSSR count). The molecule has 184 valence electrons. The molecule has 12 heteroatoms. The fourth-order valence-corrected chi connectivity index (χ4v) is 5.14. The van der Waals surface area contributed by atoms with E-state index in [0.717, 1.165) is 37.0 Å². The Hall–Kier alpha value is -2.37. The Bertz CT molecular complexity index is 1170. The number of nitrogens with zero attached hydrogens (tertiary/aromatic N) is 7. The van der Waals surface area contributed by atoms with Crippen molar-refractivity contribution >= 4 is 28.3 Å². The Labute approximate surface area is 200 Å². The van der Waals surface area contributed by atoms with Crippen LogP contribution in [0.3, 0.4) is 0 Å². The minimum absolute atomic E-state index is 0.0827. The molecular weight excluding hydrogens is 471 g/mol. The zero-order chi connectivity index (χ0) is 24.0. The number of pyridine rings is 1. The molecule has 0 aliphatic carbocycles. The predicted molar refractivity (Wildman–Crippen MR) is 123 cm³/mol. The van der Waals surface area contributed by atoms with Gasteiger partial charge in [-0.15, -0.1) is 0 Å². The third kappa shape index (κ3) is 4.48. The van der Waals surface area contributed by atoms with Gasteiger partial charge in [0.25, 0.3) is 0 Å². The van der Waals surface area contributed by atoms with E-state index in [0.29, 0.717) is 41.3 Å². The van der Waals surface area contributed by atoms with Gasteiger partial charge in [0.05, 0.1) is 11.4 Å². The maximum atomic E-state index is 13.6. The van der Waals surface area contributed by atoms with Crippen LogP contribution in [0.4, 0.5) is 18.9 Å². The van der Waals surface area contributed by atoms with E-state index in [2.05, 4.69) is 31.9 Å².